The molecule has 0 spiro atoms. The van der Waals surface area contributed by atoms with E-state index in [9.17, 15) is 9.90 Å². The van der Waals surface area contributed by atoms with Gasteiger partial charge in [-0.3, -0.25) is 10.1 Å². The molecule has 3 nitrogen and oxygen atoms in total. The minimum Gasteiger partial charge on any atom is -0.480 e. The van der Waals surface area contributed by atoms with E-state index in [-0.39, 0.29) is 6.04 Å². The summed E-state index contributed by atoms with van der Waals surface area (Å²) in [6.45, 7) is 6.09. The average Bonchev–Trinajstić information content (AvgIpc) is 2.76. The molecule has 1 aromatic rings. The molecule has 1 fully saturated rings. The number of carboxylic acid groups (broad SMARTS) is 1. The smallest absolute Gasteiger partial charge is 0.323 e. The molecular formula is C16H23NO2S. The Labute approximate surface area is 125 Å². The van der Waals surface area contributed by atoms with Crippen LogP contribution in [0.5, 0.6) is 0 Å². The third-order valence-electron chi connectivity index (χ3n) is 3.77. The van der Waals surface area contributed by atoms with Gasteiger partial charge in [-0.15, -0.1) is 11.8 Å². The lowest BCUT2D eigenvalue weighted by atomic mass is 9.97. The maximum Gasteiger partial charge on any atom is 0.323 e. The van der Waals surface area contributed by atoms with E-state index in [0.29, 0.717) is 18.1 Å². The van der Waals surface area contributed by atoms with Gasteiger partial charge in [-0.05, 0) is 52.2 Å². The van der Waals surface area contributed by atoms with Crippen molar-refractivity contribution < 1.29 is 9.90 Å². The first-order chi connectivity index (χ1) is 9.41. The number of carboxylic acids is 1. The lowest BCUT2D eigenvalue weighted by Gasteiger charge is -2.28. The summed E-state index contributed by atoms with van der Waals surface area (Å²) < 4.78 is 0. The molecule has 1 aromatic carbocycles. The molecule has 1 saturated carbocycles. The number of thioether (sulfide) groups is 1. The fourth-order valence-corrected chi connectivity index (χ4v) is 4.13. The zero-order valence-corrected chi connectivity index (χ0v) is 13.2. The van der Waals surface area contributed by atoms with Crippen LogP contribution in [0.1, 0.15) is 38.7 Å². The Balaban J connectivity index is 2.03. The lowest BCUT2D eigenvalue weighted by molar-refractivity contribution is -0.145. The van der Waals surface area contributed by atoms with Crippen molar-refractivity contribution in [2.75, 3.05) is 0 Å². The van der Waals surface area contributed by atoms with Gasteiger partial charge in [0.25, 0.3) is 0 Å². The molecule has 0 bridgehead atoms. The van der Waals surface area contributed by atoms with Crippen molar-refractivity contribution in [2.24, 2.45) is 0 Å². The molecule has 2 atom stereocenters. The highest BCUT2D eigenvalue weighted by molar-refractivity contribution is 8.00. The van der Waals surface area contributed by atoms with Crippen LogP contribution >= 0.6 is 11.8 Å². The van der Waals surface area contributed by atoms with Gasteiger partial charge in [0.15, 0.2) is 0 Å². The molecule has 0 radical (unpaired) electrons. The normalized spacial score (nSPS) is 26.1. The number of hydrogen-bond donors (Lipinski definition) is 2. The summed E-state index contributed by atoms with van der Waals surface area (Å²) in [6, 6.07) is 8.64. The van der Waals surface area contributed by atoms with Gasteiger partial charge in [0.2, 0.25) is 0 Å². The fraction of sp³-hybridized carbons (Fsp3) is 0.562. The molecule has 1 aliphatic rings. The summed E-state index contributed by atoms with van der Waals surface area (Å²) in [5.41, 5.74) is 0.512. The molecular weight excluding hydrogens is 270 g/mol. The van der Waals surface area contributed by atoms with Crippen molar-refractivity contribution in [2.45, 2.75) is 61.8 Å². The Bertz CT molecular complexity index is 472. The maximum atomic E-state index is 11.6. The van der Waals surface area contributed by atoms with Crippen LogP contribution in [0.25, 0.3) is 0 Å². The van der Waals surface area contributed by atoms with E-state index in [1.165, 1.54) is 10.5 Å². The number of benzene rings is 1. The molecule has 0 aliphatic heterocycles. The van der Waals surface area contributed by atoms with Gasteiger partial charge in [-0.25, -0.2) is 0 Å². The van der Waals surface area contributed by atoms with Crippen molar-refractivity contribution in [1.82, 2.24) is 5.32 Å². The third kappa shape index (κ3) is 3.55. The van der Waals surface area contributed by atoms with Crippen molar-refractivity contribution in [3.63, 3.8) is 0 Å². The van der Waals surface area contributed by atoms with Crippen LogP contribution in [0.2, 0.25) is 0 Å². The molecule has 4 heteroatoms. The van der Waals surface area contributed by atoms with E-state index in [0.717, 1.165) is 6.42 Å². The highest BCUT2D eigenvalue weighted by Crippen LogP contribution is 2.40. The number of aliphatic carboxylic acids is 1. The van der Waals surface area contributed by atoms with Crippen LogP contribution in [-0.4, -0.2) is 27.9 Å². The summed E-state index contributed by atoms with van der Waals surface area (Å²) in [5.74, 6) is -0.710. The highest BCUT2D eigenvalue weighted by atomic mass is 32.2. The van der Waals surface area contributed by atoms with Gasteiger partial charge in [-0.1, -0.05) is 17.7 Å². The standard InChI is InChI=1S/C16H23NO2S/c1-11(2)17-16(15(18)19)9-8-14(10-16)20-13-6-4-12(3)5-7-13/h4-7,11,14,17H,8-10H2,1-3H3,(H,18,19). The Morgan fingerprint density at radius 3 is 2.60 bits per heavy atom. The van der Waals surface area contributed by atoms with Gasteiger partial charge in [0.05, 0.1) is 0 Å². The van der Waals surface area contributed by atoms with Crippen LogP contribution in [0.15, 0.2) is 29.2 Å². The average molecular weight is 293 g/mol. The van der Waals surface area contributed by atoms with Gasteiger partial charge >= 0.3 is 5.97 Å². The first-order valence-electron chi connectivity index (χ1n) is 7.16. The predicted molar refractivity (Wildman–Crippen MR) is 83.3 cm³/mol. The topological polar surface area (TPSA) is 49.3 Å². The number of hydrogen-bond acceptors (Lipinski definition) is 3. The zero-order valence-electron chi connectivity index (χ0n) is 12.3. The molecule has 0 amide bonds. The van der Waals surface area contributed by atoms with E-state index in [1.807, 2.05) is 13.8 Å². The first kappa shape index (κ1) is 15.4. The number of rotatable bonds is 5. The van der Waals surface area contributed by atoms with Crippen LogP contribution in [-0.2, 0) is 4.79 Å². The molecule has 20 heavy (non-hydrogen) atoms. The minimum absolute atomic E-state index is 0.189. The second-order valence-electron chi connectivity index (χ2n) is 5.98. The van der Waals surface area contributed by atoms with Gasteiger partial charge in [-0.2, -0.15) is 0 Å². The third-order valence-corrected chi connectivity index (χ3v) is 5.05. The van der Waals surface area contributed by atoms with E-state index in [4.69, 9.17) is 0 Å². The van der Waals surface area contributed by atoms with Crippen molar-refractivity contribution >= 4 is 17.7 Å². The molecule has 110 valence electrons. The van der Waals surface area contributed by atoms with E-state index < -0.39 is 11.5 Å². The van der Waals surface area contributed by atoms with E-state index in [1.54, 1.807) is 11.8 Å². The first-order valence-corrected chi connectivity index (χ1v) is 8.04. The molecule has 1 aliphatic carbocycles. The van der Waals surface area contributed by atoms with Crippen LogP contribution < -0.4 is 5.32 Å². The van der Waals surface area contributed by atoms with Gasteiger partial charge in [0.1, 0.15) is 5.54 Å². The summed E-state index contributed by atoms with van der Waals surface area (Å²) >= 11 is 1.80. The quantitative estimate of drug-likeness (QED) is 0.873. The van der Waals surface area contributed by atoms with Gasteiger partial charge < -0.3 is 5.11 Å². The van der Waals surface area contributed by atoms with E-state index >= 15 is 0 Å². The SMILES string of the molecule is Cc1ccc(SC2CCC(NC(C)C)(C(=O)O)C2)cc1. The molecule has 2 N–H and O–H groups in total. The van der Waals surface area contributed by atoms with Crippen molar-refractivity contribution in [1.29, 1.82) is 0 Å². The molecule has 0 saturated heterocycles. The number of nitrogens with one attached hydrogen (secondary N) is 1. The number of carbonyl (C=O) groups is 1. The summed E-state index contributed by atoms with van der Waals surface area (Å²) in [7, 11) is 0. The summed E-state index contributed by atoms with van der Waals surface area (Å²) in [6.07, 6.45) is 2.35. The molecule has 0 aromatic heterocycles. The minimum atomic E-state index is -0.740. The summed E-state index contributed by atoms with van der Waals surface area (Å²) in [4.78, 5) is 12.9. The predicted octanol–water partition coefficient (Wildman–Crippen LogP) is 3.46. The van der Waals surface area contributed by atoms with Crippen molar-refractivity contribution in [3.8, 4) is 0 Å². The van der Waals surface area contributed by atoms with E-state index in [2.05, 4.69) is 36.5 Å². The Morgan fingerprint density at radius 1 is 1.40 bits per heavy atom. The van der Waals surface area contributed by atoms with Gasteiger partial charge in [0, 0.05) is 16.2 Å². The maximum absolute atomic E-state index is 11.6. The fourth-order valence-electron chi connectivity index (χ4n) is 2.85. The zero-order chi connectivity index (χ0) is 14.8. The second kappa shape index (κ2) is 6.19. The monoisotopic (exact) mass is 293 g/mol. The van der Waals surface area contributed by atoms with Crippen LogP contribution in [0.4, 0.5) is 0 Å². The molecule has 0 heterocycles. The summed E-state index contributed by atoms with van der Waals surface area (Å²) in [5, 5.41) is 13.2. The Kier molecular flexibility index (Phi) is 4.76. The molecule has 2 rings (SSSR count). The highest BCUT2D eigenvalue weighted by Gasteiger charge is 2.45. The molecule has 2 unspecified atom stereocenters. The Hall–Kier alpha value is -1.00. The second-order valence-corrected chi connectivity index (χ2v) is 7.36. The van der Waals surface area contributed by atoms with Crippen molar-refractivity contribution in [3.05, 3.63) is 29.8 Å². The largest absolute Gasteiger partial charge is 0.480 e. The lowest BCUT2D eigenvalue weighted by Crippen LogP contribution is -2.53. The van der Waals surface area contributed by atoms with Crippen LogP contribution in [0, 0.1) is 6.92 Å². The Morgan fingerprint density at radius 2 is 2.05 bits per heavy atom. The number of aryl methyl sites for hydroxylation is 1. The van der Waals surface area contributed by atoms with Crippen LogP contribution in [0.3, 0.4) is 0 Å².